The number of thioether (sulfide) groups is 1. The quantitative estimate of drug-likeness (QED) is 0.338. The lowest BCUT2D eigenvalue weighted by atomic mass is 9.91. The Morgan fingerprint density at radius 2 is 1.90 bits per heavy atom. The minimum Gasteiger partial charge on any atom is -0.478 e. The van der Waals surface area contributed by atoms with Gasteiger partial charge in [0, 0.05) is 16.0 Å². The highest BCUT2D eigenvalue weighted by Gasteiger charge is 2.35. The Morgan fingerprint density at radius 1 is 1.13 bits per heavy atom. The van der Waals surface area contributed by atoms with Crippen molar-refractivity contribution in [2.24, 2.45) is 11.8 Å². The van der Waals surface area contributed by atoms with E-state index in [2.05, 4.69) is 0 Å². The van der Waals surface area contributed by atoms with Gasteiger partial charge in [0.1, 0.15) is 0 Å². The molecule has 1 unspecified atom stereocenters. The highest BCUT2D eigenvalue weighted by Crippen LogP contribution is 2.42. The molecule has 1 N–H and O–H groups in total. The molecule has 2 aromatic carbocycles. The van der Waals surface area contributed by atoms with Crippen LogP contribution in [0.4, 0.5) is 13.2 Å². The molecule has 0 aliphatic heterocycles. The number of aromatic carboxylic acids is 1. The maximum atomic E-state index is 12.9. The third-order valence-corrected chi connectivity index (χ3v) is 7.38. The maximum absolute atomic E-state index is 12.9. The van der Waals surface area contributed by atoms with Crippen LogP contribution in [-0.2, 0) is 12.6 Å². The van der Waals surface area contributed by atoms with Crippen molar-refractivity contribution < 1.29 is 23.1 Å². The minimum absolute atomic E-state index is 0.0450. The molecule has 0 amide bonds. The molecule has 30 heavy (non-hydrogen) atoms. The van der Waals surface area contributed by atoms with Crippen LogP contribution in [0.1, 0.15) is 47.2 Å². The van der Waals surface area contributed by atoms with Crippen molar-refractivity contribution in [3.8, 4) is 0 Å². The van der Waals surface area contributed by atoms with Crippen LogP contribution in [0.3, 0.4) is 0 Å². The summed E-state index contributed by atoms with van der Waals surface area (Å²) in [6.45, 7) is 0. The van der Waals surface area contributed by atoms with E-state index in [9.17, 15) is 18.0 Å². The monoisotopic (exact) mass is 456 g/mol. The number of rotatable bonds is 8. The van der Waals surface area contributed by atoms with Gasteiger partial charge in [-0.3, -0.25) is 0 Å². The molecule has 162 valence electrons. The first-order valence-corrected chi connectivity index (χ1v) is 11.4. The molecule has 0 aromatic heterocycles. The van der Waals surface area contributed by atoms with Gasteiger partial charge in [0.15, 0.2) is 0 Å². The molecule has 2 nitrogen and oxygen atoms in total. The van der Waals surface area contributed by atoms with E-state index in [1.807, 2.05) is 6.07 Å². The predicted molar refractivity (Wildman–Crippen MR) is 114 cm³/mol. The molecule has 1 aliphatic rings. The Kier molecular flexibility index (Phi) is 7.75. The molecule has 2 aromatic rings. The summed E-state index contributed by atoms with van der Waals surface area (Å²) in [5.41, 5.74) is 0.677. The molecule has 0 saturated heterocycles. The largest absolute Gasteiger partial charge is 0.478 e. The maximum Gasteiger partial charge on any atom is 0.416 e. The van der Waals surface area contributed by atoms with Crippen LogP contribution in [0.5, 0.6) is 0 Å². The van der Waals surface area contributed by atoms with E-state index in [0.717, 1.165) is 43.7 Å². The van der Waals surface area contributed by atoms with E-state index >= 15 is 0 Å². The summed E-state index contributed by atoms with van der Waals surface area (Å²) in [5, 5.41) is 9.15. The van der Waals surface area contributed by atoms with Crippen molar-refractivity contribution in [3.63, 3.8) is 0 Å². The molecule has 0 radical (unpaired) electrons. The van der Waals surface area contributed by atoms with Crippen LogP contribution in [0.15, 0.2) is 53.4 Å². The Labute approximate surface area is 183 Å². The number of benzene rings is 2. The van der Waals surface area contributed by atoms with Crippen molar-refractivity contribution in [1.29, 1.82) is 0 Å². The van der Waals surface area contributed by atoms with E-state index in [4.69, 9.17) is 16.7 Å². The topological polar surface area (TPSA) is 37.3 Å². The second-order valence-corrected chi connectivity index (χ2v) is 9.41. The summed E-state index contributed by atoms with van der Waals surface area (Å²) < 4.78 is 38.8. The number of hydrogen-bond acceptors (Lipinski definition) is 2. The number of carboxylic acid groups (broad SMARTS) is 1. The zero-order valence-corrected chi connectivity index (χ0v) is 17.9. The van der Waals surface area contributed by atoms with Crippen LogP contribution >= 0.6 is 23.4 Å². The molecule has 1 fully saturated rings. The van der Waals surface area contributed by atoms with Crippen LogP contribution in [0, 0.1) is 11.8 Å². The first kappa shape index (κ1) is 23.0. The van der Waals surface area contributed by atoms with Gasteiger partial charge in [0.2, 0.25) is 0 Å². The highest BCUT2D eigenvalue weighted by molar-refractivity contribution is 7.99. The van der Waals surface area contributed by atoms with Gasteiger partial charge in [0.25, 0.3) is 0 Å². The number of alkyl halides is 4. The number of aryl methyl sites for hydroxylation is 1. The van der Waals surface area contributed by atoms with E-state index in [0.29, 0.717) is 22.1 Å². The summed E-state index contributed by atoms with van der Waals surface area (Å²) in [6.07, 6.45) is 0.333. The number of hydrogen-bond donors (Lipinski definition) is 1. The Morgan fingerprint density at radius 3 is 2.63 bits per heavy atom. The normalized spacial score (nSPS) is 21.7. The van der Waals surface area contributed by atoms with E-state index in [1.165, 1.54) is 23.9 Å². The smallest absolute Gasteiger partial charge is 0.416 e. The highest BCUT2D eigenvalue weighted by atomic mass is 35.5. The number of carbonyl (C=O) groups is 1. The van der Waals surface area contributed by atoms with Gasteiger partial charge in [-0.15, -0.1) is 23.4 Å². The summed E-state index contributed by atoms with van der Waals surface area (Å²) in [6, 6.07) is 12.4. The summed E-state index contributed by atoms with van der Waals surface area (Å²) in [4.78, 5) is 11.7. The van der Waals surface area contributed by atoms with Gasteiger partial charge in [-0.2, -0.15) is 13.2 Å². The summed E-state index contributed by atoms with van der Waals surface area (Å²) >= 11 is 7.98. The first-order valence-electron chi connectivity index (χ1n) is 10.0. The SMILES string of the molecule is O=C(O)c1cccc(CCC[C@H]2CCC(Cl)[C@@H]2CSc2cccc(C(F)(F)F)c2)c1. The van der Waals surface area contributed by atoms with Crippen molar-refractivity contribution in [2.45, 2.75) is 48.6 Å². The molecule has 0 bridgehead atoms. The fraction of sp³-hybridized carbons (Fsp3) is 0.435. The van der Waals surface area contributed by atoms with Crippen LogP contribution in [0.25, 0.3) is 0 Å². The van der Waals surface area contributed by atoms with Crippen LogP contribution in [0.2, 0.25) is 0 Å². The zero-order chi connectivity index (χ0) is 21.7. The second kappa shape index (κ2) is 10.1. The Bertz CT molecular complexity index is 872. The molecular formula is C23H24ClF3O2S. The van der Waals surface area contributed by atoms with E-state index in [1.54, 1.807) is 24.3 Å². The minimum atomic E-state index is -4.33. The number of carboxylic acids is 1. The molecule has 0 heterocycles. The standard InChI is InChI=1S/C23H24ClF3O2S/c24-21-11-10-16(6-1-4-15-5-2-7-17(12-15)22(28)29)20(21)14-30-19-9-3-8-18(13-19)23(25,26)27/h2-3,5,7-9,12-13,16,20-21H,1,4,6,10-11,14H2,(H,28,29)/t16-,20+,21?/m0/s1. The average Bonchev–Trinajstić information content (AvgIpc) is 3.06. The molecular weight excluding hydrogens is 433 g/mol. The summed E-state index contributed by atoms with van der Waals surface area (Å²) in [5.74, 6) is 0.476. The van der Waals surface area contributed by atoms with Gasteiger partial charge >= 0.3 is 12.1 Å². The second-order valence-electron chi connectivity index (χ2n) is 7.75. The molecule has 3 rings (SSSR count). The fourth-order valence-electron chi connectivity index (χ4n) is 4.08. The van der Waals surface area contributed by atoms with Crippen LogP contribution < -0.4 is 0 Å². The third-order valence-electron chi connectivity index (χ3n) is 5.70. The van der Waals surface area contributed by atoms with Crippen molar-refractivity contribution in [1.82, 2.24) is 0 Å². The van der Waals surface area contributed by atoms with E-state index in [-0.39, 0.29) is 11.3 Å². The molecule has 0 spiro atoms. The predicted octanol–water partition coefficient (Wildman–Crippen LogP) is 7.15. The van der Waals surface area contributed by atoms with Gasteiger partial charge < -0.3 is 5.11 Å². The summed E-state index contributed by atoms with van der Waals surface area (Å²) in [7, 11) is 0. The van der Waals surface area contributed by atoms with E-state index < -0.39 is 17.7 Å². The van der Waals surface area contributed by atoms with Crippen molar-refractivity contribution in [3.05, 3.63) is 65.2 Å². The van der Waals surface area contributed by atoms with Gasteiger partial charge in [0.05, 0.1) is 11.1 Å². The van der Waals surface area contributed by atoms with Gasteiger partial charge in [-0.1, -0.05) is 18.2 Å². The molecule has 1 aliphatic carbocycles. The fourth-order valence-corrected chi connectivity index (χ4v) is 5.88. The zero-order valence-electron chi connectivity index (χ0n) is 16.4. The Hall–Kier alpha value is -1.66. The van der Waals surface area contributed by atoms with Crippen LogP contribution in [-0.4, -0.2) is 22.2 Å². The average molecular weight is 457 g/mol. The Balaban J connectivity index is 1.54. The lowest BCUT2D eigenvalue weighted by Crippen LogP contribution is -2.18. The van der Waals surface area contributed by atoms with Crippen molar-refractivity contribution in [2.75, 3.05) is 5.75 Å². The van der Waals surface area contributed by atoms with Crippen molar-refractivity contribution >= 4 is 29.3 Å². The number of halogens is 4. The lowest BCUT2D eigenvalue weighted by molar-refractivity contribution is -0.137. The molecule has 7 heteroatoms. The third kappa shape index (κ3) is 6.17. The van der Waals surface area contributed by atoms with Gasteiger partial charge in [-0.05, 0) is 79.8 Å². The molecule has 1 saturated carbocycles. The molecule has 3 atom stereocenters. The van der Waals surface area contributed by atoms with Gasteiger partial charge in [-0.25, -0.2) is 4.79 Å². The first-order chi connectivity index (χ1) is 14.2. The lowest BCUT2D eigenvalue weighted by Gasteiger charge is -2.22.